The fourth-order valence-corrected chi connectivity index (χ4v) is 2.84. The van der Waals surface area contributed by atoms with Crippen molar-refractivity contribution in [2.24, 2.45) is 0 Å². The van der Waals surface area contributed by atoms with Crippen LogP contribution < -0.4 is 10.6 Å². The van der Waals surface area contributed by atoms with E-state index in [0.29, 0.717) is 36.1 Å². The zero-order valence-corrected chi connectivity index (χ0v) is 11.1. The van der Waals surface area contributed by atoms with Crippen LogP contribution in [0.15, 0.2) is 35.5 Å². The van der Waals surface area contributed by atoms with Gasteiger partial charge in [0.25, 0.3) is 5.69 Å². The average molecular weight is 287 g/mol. The Morgan fingerprint density at radius 2 is 1.95 bits per heavy atom. The third-order valence-corrected chi connectivity index (χ3v) is 3.73. The molecule has 0 radical (unpaired) electrons. The molecule has 0 saturated heterocycles. The number of nitro benzene ring substituents is 1. The molecule has 7 heteroatoms. The zero-order chi connectivity index (χ0) is 15.0. The van der Waals surface area contributed by atoms with Crippen LogP contribution in [0.5, 0.6) is 0 Å². The first kappa shape index (κ1) is 13.3. The molecule has 0 aromatic heterocycles. The molecule has 1 aliphatic carbocycles. The Morgan fingerprint density at radius 1 is 1.19 bits per heavy atom. The van der Waals surface area contributed by atoms with Gasteiger partial charge in [-0.3, -0.25) is 14.9 Å². The van der Waals surface area contributed by atoms with Gasteiger partial charge in [-0.1, -0.05) is 12.1 Å². The first-order valence-corrected chi connectivity index (χ1v) is 6.65. The molecule has 1 aromatic rings. The van der Waals surface area contributed by atoms with E-state index in [4.69, 9.17) is 0 Å². The van der Waals surface area contributed by atoms with E-state index >= 15 is 0 Å². The second-order valence-corrected chi connectivity index (χ2v) is 5.02. The van der Waals surface area contributed by atoms with Crippen LogP contribution in [0.1, 0.15) is 30.9 Å². The van der Waals surface area contributed by atoms with Crippen molar-refractivity contribution in [3.8, 4) is 0 Å². The number of nitrogens with zero attached hydrogens (tertiary/aromatic N) is 1. The lowest BCUT2D eigenvalue weighted by molar-refractivity contribution is -0.385. The molecule has 0 spiro atoms. The molecule has 2 aliphatic rings. The number of allylic oxidation sites excluding steroid dienone is 1. The van der Waals surface area contributed by atoms with Crippen molar-refractivity contribution in [2.45, 2.75) is 25.3 Å². The number of nitro groups is 1. The normalized spacial score (nSPS) is 21.4. The molecule has 1 aliphatic heterocycles. The number of Topliss-reactive ketones (excluding diaryl/α,β-unsaturated/α-hetero) is 1. The summed E-state index contributed by atoms with van der Waals surface area (Å²) in [7, 11) is 0. The lowest BCUT2D eigenvalue weighted by Gasteiger charge is -2.31. The maximum absolute atomic E-state index is 12.2. The Bertz CT molecular complexity index is 681. The maximum Gasteiger partial charge on any atom is 0.319 e. The van der Waals surface area contributed by atoms with Crippen LogP contribution >= 0.6 is 0 Å². The topological polar surface area (TPSA) is 101 Å². The van der Waals surface area contributed by atoms with Crippen LogP contribution in [0.3, 0.4) is 0 Å². The number of amides is 2. The summed E-state index contributed by atoms with van der Waals surface area (Å²) in [4.78, 5) is 34.6. The highest BCUT2D eigenvalue weighted by Crippen LogP contribution is 2.36. The van der Waals surface area contributed by atoms with Crippen molar-refractivity contribution in [3.05, 3.63) is 51.2 Å². The van der Waals surface area contributed by atoms with Crippen molar-refractivity contribution >= 4 is 17.5 Å². The summed E-state index contributed by atoms with van der Waals surface area (Å²) in [6.07, 6.45) is 1.68. The van der Waals surface area contributed by atoms with Crippen LogP contribution in [-0.4, -0.2) is 16.7 Å². The first-order chi connectivity index (χ1) is 10.1. The van der Waals surface area contributed by atoms with Gasteiger partial charge in [-0.15, -0.1) is 0 Å². The van der Waals surface area contributed by atoms with Crippen LogP contribution in [0.4, 0.5) is 10.5 Å². The Morgan fingerprint density at radius 3 is 2.71 bits per heavy atom. The van der Waals surface area contributed by atoms with Crippen molar-refractivity contribution in [1.29, 1.82) is 0 Å². The molecule has 3 rings (SSSR count). The summed E-state index contributed by atoms with van der Waals surface area (Å²) in [5.74, 6) is -0.0769. The van der Waals surface area contributed by atoms with E-state index < -0.39 is 17.0 Å². The van der Waals surface area contributed by atoms with Crippen molar-refractivity contribution in [1.82, 2.24) is 10.6 Å². The summed E-state index contributed by atoms with van der Waals surface area (Å²) in [6, 6.07) is 4.96. The number of carbonyl (C=O) groups excluding carboxylic acids is 2. The van der Waals surface area contributed by atoms with E-state index in [-0.39, 0.29) is 11.5 Å². The molecular formula is C14H13N3O4. The fourth-order valence-electron chi connectivity index (χ4n) is 2.84. The fraction of sp³-hybridized carbons (Fsp3) is 0.286. The first-order valence-electron chi connectivity index (χ1n) is 6.65. The molecule has 1 heterocycles. The maximum atomic E-state index is 12.2. The largest absolute Gasteiger partial charge is 0.326 e. The number of rotatable bonds is 2. The minimum Gasteiger partial charge on any atom is -0.326 e. The molecule has 1 atom stereocenters. The van der Waals surface area contributed by atoms with Gasteiger partial charge in [-0.2, -0.15) is 0 Å². The van der Waals surface area contributed by atoms with E-state index in [1.165, 1.54) is 6.07 Å². The number of hydrogen-bond acceptors (Lipinski definition) is 4. The molecular weight excluding hydrogens is 274 g/mol. The number of urea groups is 1. The van der Waals surface area contributed by atoms with Gasteiger partial charge in [-0.25, -0.2) is 4.79 Å². The van der Waals surface area contributed by atoms with E-state index in [1.54, 1.807) is 18.2 Å². The van der Waals surface area contributed by atoms with Gasteiger partial charge in [-0.05, 0) is 18.9 Å². The van der Waals surface area contributed by atoms with Gasteiger partial charge in [0.2, 0.25) is 0 Å². The number of hydrogen-bond donors (Lipinski definition) is 2. The molecule has 2 amide bonds. The number of para-hydroxylation sites is 1. The summed E-state index contributed by atoms with van der Waals surface area (Å²) in [6.45, 7) is 0. The summed E-state index contributed by atoms with van der Waals surface area (Å²) >= 11 is 0. The van der Waals surface area contributed by atoms with Crippen molar-refractivity contribution < 1.29 is 14.5 Å². The van der Waals surface area contributed by atoms with Crippen molar-refractivity contribution in [3.63, 3.8) is 0 Å². The molecule has 1 aromatic carbocycles. The second-order valence-electron chi connectivity index (χ2n) is 5.02. The lowest BCUT2D eigenvalue weighted by atomic mass is 9.85. The van der Waals surface area contributed by atoms with Gasteiger partial charge in [0.05, 0.1) is 16.5 Å². The predicted octanol–water partition coefficient (Wildman–Crippen LogP) is 1.96. The third-order valence-electron chi connectivity index (χ3n) is 3.73. The monoisotopic (exact) mass is 287 g/mol. The van der Waals surface area contributed by atoms with Crippen molar-refractivity contribution in [2.75, 3.05) is 0 Å². The molecule has 0 fully saturated rings. The van der Waals surface area contributed by atoms with Gasteiger partial charge < -0.3 is 10.6 Å². The predicted molar refractivity (Wildman–Crippen MR) is 73.4 cm³/mol. The van der Waals surface area contributed by atoms with E-state index in [2.05, 4.69) is 10.6 Å². The standard InChI is InChI=1S/C14H13N3O4/c18-11-7-3-5-9-12(11)13(16-14(19)15-9)8-4-1-2-6-10(8)17(20)21/h1-2,4,6,13H,3,5,7H2,(H2,15,16,19). The van der Waals surface area contributed by atoms with Gasteiger partial charge in [0, 0.05) is 23.8 Å². The molecule has 7 nitrogen and oxygen atoms in total. The number of benzene rings is 1. The van der Waals surface area contributed by atoms with E-state index in [0.717, 1.165) is 0 Å². The molecule has 0 saturated carbocycles. The van der Waals surface area contributed by atoms with Gasteiger partial charge >= 0.3 is 6.03 Å². The van der Waals surface area contributed by atoms with Gasteiger partial charge in [0.15, 0.2) is 5.78 Å². The molecule has 0 bridgehead atoms. The Balaban J connectivity index is 2.14. The average Bonchev–Trinajstić information content (AvgIpc) is 2.46. The van der Waals surface area contributed by atoms with E-state index in [9.17, 15) is 19.7 Å². The molecule has 108 valence electrons. The second kappa shape index (κ2) is 5.01. The number of nitrogens with one attached hydrogen (secondary N) is 2. The summed E-state index contributed by atoms with van der Waals surface area (Å²) < 4.78 is 0. The Hall–Kier alpha value is -2.70. The highest BCUT2D eigenvalue weighted by atomic mass is 16.6. The van der Waals surface area contributed by atoms with Crippen LogP contribution in [0.25, 0.3) is 0 Å². The third kappa shape index (κ3) is 2.26. The quantitative estimate of drug-likeness (QED) is 0.641. The SMILES string of the molecule is O=C1NC2=C(C(=O)CCC2)C(c2ccccc2[N+](=O)[O-])N1. The lowest BCUT2D eigenvalue weighted by Crippen LogP contribution is -2.46. The minimum atomic E-state index is -0.761. The van der Waals surface area contributed by atoms with Crippen LogP contribution in [-0.2, 0) is 4.79 Å². The Labute approximate surface area is 120 Å². The highest BCUT2D eigenvalue weighted by Gasteiger charge is 2.37. The molecule has 1 unspecified atom stereocenters. The summed E-state index contributed by atoms with van der Waals surface area (Å²) in [5, 5.41) is 16.4. The van der Waals surface area contributed by atoms with Crippen LogP contribution in [0, 0.1) is 10.1 Å². The zero-order valence-electron chi connectivity index (χ0n) is 11.1. The smallest absolute Gasteiger partial charge is 0.319 e. The highest BCUT2D eigenvalue weighted by molar-refractivity contribution is 6.01. The molecule has 21 heavy (non-hydrogen) atoms. The number of ketones is 1. The summed E-state index contributed by atoms with van der Waals surface area (Å²) in [5.41, 5.74) is 1.25. The van der Waals surface area contributed by atoms with Gasteiger partial charge in [0.1, 0.15) is 0 Å². The Kier molecular flexibility index (Phi) is 3.17. The molecule has 2 N–H and O–H groups in total. The number of carbonyl (C=O) groups is 2. The van der Waals surface area contributed by atoms with Crippen LogP contribution in [0.2, 0.25) is 0 Å². The van der Waals surface area contributed by atoms with E-state index in [1.807, 2.05) is 0 Å². The minimum absolute atomic E-state index is 0.0769.